The lowest BCUT2D eigenvalue weighted by atomic mass is 10.3. The predicted octanol–water partition coefficient (Wildman–Crippen LogP) is 1.44. The first kappa shape index (κ1) is 14.8. The summed E-state index contributed by atoms with van der Waals surface area (Å²) in [5.74, 6) is 0.371. The lowest BCUT2D eigenvalue weighted by Gasteiger charge is -2.18. The number of sulfonamides is 1. The fraction of sp³-hybridized carbons (Fsp3) is 0.500. The molecule has 106 valence electrons. The number of benzene rings is 1. The molecule has 1 aromatic carbocycles. The van der Waals surface area contributed by atoms with Crippen LogP contribution in [0.15, 0.2) is 27.6 Å². The van der Waals surface area contributed by atoms with Gasteiger partial charge >= 0.3 is 0 Å². The number of hydrogen-bond acceptors (Lipinski definition) is 4. The topological polar surface area (TPSA) is 58.6 Å². The maximum Gasteiger partial charge on any atom is 0.246 e. The molecule has 0 amide bonds. The average molecular weight is 349 g/mol. The number of rotatable bonds is 4. The molecule has 1 saturated heterocycles. The van der Waals surface area contributed by atoms with Crippen molar-refractivity contribution in [2.75, 3.05) is 27.2 Å². The Morgan fingerprint density at radius 1 is 1.47 bits per heavy atom. The standard InChI is InChI=1S/C12H17BrN2O3S/c1-14-10-5-6-15(8-10)19(16,17)12-7-9(13)3-4-11(12)18-2/h3-4,7,10,14H,5-6,8H2,1-2H3. The van der Waals surface area contributed by atoms with Crippen molar-refractivity contribution in [3.8, 4) is 5.75 Å². The molecule has 1 aliphatic rings. The Morgan fingerprint density at radius 2 is 2.21 bits per heavy atom. The van der Waals surface area contributed by atoms with Gasteiger partial charge in [0.15, 0.2) is 0 Å². The summed E-state index contributed by atoms with van der Waals surface area (Å²) in [5.41, 5.74) is 0. The Kier molecular flexibility index (Phi) is 4.50. The van der Waals surface area contributed by atoms with Crippen molar-refractivity contribution >= 4 is 26.0 Å². The van der Waals surface area contributed by atoms with Gasteiger partial charge < -0.3 is 10.1 Å². The molecule has 19 heavy (non-hydrogen) atoms. The highest BCUT2D eigenvalue weighted by atomic mass is 79.9. The second-order valence-corrected chi connectivity index (χ2v) is 7.25. The quantitative estimate of drug-likeness (QED) is 0.894. The normalized spacial score (nSPS) is 20.7. The predicted molar refractivity (Wildman–Crippen MR) is 76.9 cm³/mol. The molecule has 1 unspecified atom stereocenters. The van der Waals surface area contributed by atoms with Crippen molar-refractivity contribution in [2.24, 2.45) is 0 Å². The Hall–Kier alpha value is -0.630. The molecule has 0 aliphatic carbocycles. The first-order valence-corrected chi connectivity index (χ1v) is 8.23. The first-order valence-electron chi connectivity index (χ1n) is 6.00. The van der Waals surface area contributed by atoms with Gasteiger partial charge in [-0.3, -0.25) is 0 Å². The molecule has 0 radical (unpaired) electrons. The van der Waals surface area contributed by atoms with Crippen molar-refractivity contribution in [3.05, 3.63) is 22.7 Å². The molecule has 1 aromatic rings. The number of ether oxygens (including phenoxy) is 1. The van der Waals surface area contributed by atoms with E-state index in [0.29, 0.717) is 18.8 Å². The Bertz CT molecular complexity index is 562. The SMILES string of the molecule is CNC1CCN(S(=O)(=O)c2cc(Br)ccc2OC)C1. The van der Waals surface area contributed by atoms with Crippen LogP contribution in [0.2, 0.25) is 0 Å². The van der Waals surface area contributed by atoms with Gasteiger partial charge in [0, 0.05) is 23.6 Å². The minimum Gasteiger partial charge on any atom is -0.495 e. The summed E-state index contributed by atoms with van der Waals surface area (Å²) in [6.07, 6.45) is 0.825. The van der Waals surface area contributed by atoms with Gasteiger partial charge in [0.1, 0.15) is 10.6 Å². The van der Waals surface area contributed by atoms with Crippen LogP contribution in [0.3, 0.4) is 0 Å². The second-order valence-electron chi connectivity index (χ2n) is 4.43. The Morgan fingerprint density at radius 3 is 2.79 bits per heavy atom. The maximum absolute atomic E-state index is 12.6. The summed E-state index contributed by atoms with van der Waals surface area (Å²) >= 11 is 3.30. The van der Waals surface area contributed by atoms with Crippen LogP contribution in [0.25, 0.3) is 0 Å². The van der Waals surface area contributed by atoms with Crippen LogP contribution in [0.4, 0.5) is 0 Å². The zero-order valence-electron chi connectivity index (χ0n) is 10.9. The van der Waals surface area contributed by atoms with Gasteiger partial charge in [-0.1, -0.05) is 15.9 Å². The van der Waals surface area contributed by atoms with Crippen LogP contribution in [-0.4, -0.2) is 46.0 Å². The van der Waals surface area contributed by atoms with E-state index in [0.717, 1.165) is 10.9 Å². The smallest absolute Gasteiger partial charge is 0.246 e. The van der Waals surface area contributed by atoms with E-state index < -0.39 is 10.0 Å². The number of halogens is 1. The highest BCUT2D eigenvalue weighted by Crippen LogP contribution is 2.31. The zero-order valence-corrected chi connectivity index (χ0v) is 13.3. The van der Waals surface area contributed by atoms with Crippen molar-refractivity contribution in [3.63, 3.8) is 0 Å². The number of methoxy groups -OCH3 is 1. The first-order chi connectivity index (χ1) is 8.98. The van der Waals surface area contributed by atoms with Gasteiger partial charge in [-0.05, 0) is 31.7 Å². The number of hydrogen-bond donors (Lipinski definition) is 1. The maximum atomic E-state index is 12.6. The van der Waals surface area contributed by atoms with E-state index in [1.54, 1.807) is 18.2 Å². The van der Waals surface area contributed by atoms with Crippen molar-refractivity contribution < 1.29 is 13.2 Å². The summed E-state index contributed by atoms with van der Waals surface area (Å²) in [7, 11) is -0.186. The molecule has 0 aromatic heterocycles. The van der Waals surface area contributed by atoms with Crippen LogP contribution < -0.4 is 10.1 Å². The highest BCUT2D eigenvalue weighted by Gasteiger charge is 2.33. The van der Waals surface area contributed by atoms with Crippen molar-refractivity contribution in [1.82, 2.24) is 9.62 Å². The van der Waals surface area contributed by atoms with Gasteiger partial charge in [0.25, 0.3) is 0 Å². The van der Waals surface area contributed by atoms with Crippen molar-refractivity contribution in [2.45, 2.75) is 17.4 Å². The second kappa shape index (κ2) is 5.78. The van der Waals surface area contributed by atoms with Gasteiger partial charge in [0.2, 0.25) is 10.0 Å². The third kappa shape index (κ3) is 2.94. The molecule has 1 fully saturated rings. The summed E-state index contributed by atoms with van der Waals surface area (Å²) in [4.78, 5) is 0.209. The van der Waals surface area contributed by atoms with E-state index in [2.05, 4.69) is 21.2 Å². The van der Waals surface area contributed by atoms with Gasteiger partial charge in [-0.25, -0.2) is 8.42 Å². The number of nitrogens with zero attached hydrogens (tertiary/aromatic N) is 1. The van der Waals surface area contributed by atoms with Crippen LogP contribution >= 0.6 is 15.9 Å². The molecule has 0 bridgehead atoms. The minimum absolute atomic E-state index is 0.209. The molecule has 1 aliphatic heterocycles. The average Bonchev–Trinajstić information content (AvgIpc) is 2.88. The van der Waals surface area contributed by atoms with Crippen LogP contribution in [0.1, 0.15) is 6.42 Å². The fourth-order valence-corrected chi connectivity index (χ4v) is 4.37. The van der Waals surface area contributed by atoms with E-state index in [-0.39, 0.29) is 10.9 Å². The van der Waals surface area contributed by atoms with Crippen LogP contribution in [0.5, 0.6) is 5.75 Å². The Labute approximate surface area is 122 Å². The van der Waals surface area contributed by atoms with E-state index in [1.807, 2.05) is 7.05 Å². The number of likely N-dealkylation sites (N-methyl/N-ethyl adjacent to an activating group) is 1. The molecule has 0 saturated carbocycles. The van der Waals surface area contributed by atoms with E-state index in [1.165, 1.54) is 11.4 Å². The molecule has 2 rings (SSSR count). The molecule has 5 nitrogen and oxygen atoms in total. The highest BCUT2D eigenvalue weighted by molar-refractivity contribution is 9.10. The van der Waals surface area contributed by atoms with Crippen LogP contribution in [0, 0.1) is 0 Å². The van der Waals surface area contributed by atoms with Crippen molar-refractivity contribution in [1.29, 1.82) is 0 Å². The summed E-state index contributed by atoms with van der Waals surface area (Å²) in [5, 5.41) is 3.11. The van der Waals surface area contributed by atoms with Crippen LogP contribution in [-0.2, 0) is 10.0 Å². The molecular weight excluding hydrogens is 332 g/mol. The molecule has 0 spiro atoms. The Balaban J connectivity index is 2.37. The molecule has 7 heteroatoms. The lowest BCUT2D eigenvalue weighted by molar-refractivity contribution is 0.397. The summed E-state index contributed by atoms with van der Waals surface area (Å²) < 4.78 is 32.6. The molecule has 1 N–H and O–H groups in total. The zero-order chi connectivity index (χ0) is 14.0. The lowest BCUT2D eigenvalue weighted by Crippen LogP contribution is -2.33. The summed E-state index contributed by atoms with van der Waals surface area (Å²) in [6.45, 7) is 1.03. The van der Waals surface area contributed by atoms with E-state index in [4.69, 9.17) is 4.74 Å². The monoisotopic (exact) mass is 348 g/mol. The minimum atomic E-state index is -3.51. The van der Waals surface area contributed by atoms with Gasteiger partial charge in [0.05, 0.1) is 7.11 Å². The van der Waals surface area contributed by atoms with Gasteiger partial charge in [-0.15, -0.1) is 0 Å². The van der Waals surface area contributed by atoms with E-state index >= 15 is 0 Å². The van der Waals surface area contributed by atoms with Gasteiger partial charge in [-0.2, -0.15) is 4.31 Å². The third-order valence-electron chi connectivity index (χ3n) is 3.30. The fourth-order valence-electron chi connectivity index (χ4n) is 2.17. The molecule has 1 heterocycles. The largest absolute Gasteiger partial charge is 0.495 e. The molecule has 1 atom stereocenters. The summed E-state index contributed by atoms with van der Waals surface area (Å²) in [6, 6.07) is 5.22. The number of nitrogens with one attached hydrogen (secondary N) is 1. The third-order valence-corrected chi connectivity index (χ3v) is 5.68. The molecular formula is C12H17BrN2O3S. The van der Waals surface area contributed by atoms with E-state index in [9.17, 15) is 8.42 Å².